The standard InChI is InChI=1S/C29H31FN8O2/c1-6-26(39)38-12-11-37(16-20(38)4)27-23(15-32-28(35-27)34-22-13-19(3)36(5)17-22)21-7-8-25(24(30)14-21)40-29-31-10-9-18(2)33-29/h6-10,13-15,17,20H,1,11-12,16H2,2-5H3,(H,32,34,35)/t20-/m0/s1. The third kappa shape index (κ3) is 5.63. The van der Waals surface area contributed by atoms with Crippen LogP contribution in [-0.4, -0.2) is 61.0 Å². The summed E-state index contributed by atoms with van der Waals surface area (Å²) in [4.78, 5) is 33.8. The summed E-state index contributed by atoms with van der Waals surface area (Å²) in [5, 5.41) is 3.27. The first-order valence-electron chi connectivity index (χ1n) is 12.9. The van der Waals surface area contributed by atoms with Crippen LogP contribution in [0.2, 0.25) is 0 Å². The minimum absolute atomic E-state index is 0.0136. The molecule has 1 atom stereocenters. The van der Waals surface area contributed by atoms with Crippen LogP contribution < -0.4 is 15.0 Å². The fourth-order valence-corrected chi connectivity index (χ4v) is 4.67. The first-order valence-corrected chi connectivity index (χ1v) is 12.9. The fourth-order valence-electron chi connectivity index (χ4n) is 4.67. The molecular formula is C29H31FN8O2. The molecular weight excluding hydrogens is 511 g/mol. The van der Waals surface area contributed by atoms with Gasteiger partial charge in [-0.3, -0.25) is 4.79 Å². The molecule has 1 aliphatic heterocycles. The number of amides is 1. The van der Waals surface area contributed by atoms with E-state index in [1.165, 1.54) is 12.1 Å². The number of nitrogens with zero attached hydrogens (tertiary/aromatic N) is 7. The zero-order chi connectivity index (χ0) is 28.4. The van der Waals surface area contributed by atoms with Gasteiger partial charge in [-0.25, -0.2) is 19.3 Å². The minimum Gasteiger partial charge on any atom is -0.421 e. The van der Waals surface area contributed by atoms with Gasteiger partial charge in [-0.2, -0.15) is 4.98 Å². The maximum Gasteiger partial charge on any atom is 0.322 e. The van der Waals surface area contributed by atoms with Crippen molar-refractivity contribution in [1.29, 1.82) is 0 Å². The van der Waals surface area contributed by atoms with E-state index in [4.69, 9.17) is 9.72 Å². The average molecular weight is 543 g/mol. The van der Waals surface area contributed by atoms with E-state index in [0.717, 1.165) is 11.4 Å². The molecule has 1 amide bonds. The highest BCUT2D eigenvalue weighted by Crippen LogP contribution is 2.34. The van der Waals surface area contributed by atoms with Crippen molar-refractivity contribution in [3.63, 3.8) is 0 Å². The second kappa shape index (κ2) is 11.1. The first-order chi connectivity index (χ1) is 19.2. The molecule has 206 valence electrons. The zero-order valence-electron chi connectivity index (χ0n) is 22.9. The molecule has 0 bridgehead atoms. The van der Waals surface area contributed by atoms with Crippen LogP contribution in [0, 0.1) is 19.7 Å². The molecule has 10 nitrogen and oxygen atoms in total. The van der Waals surface area contributed by atoms with Crippen LogP contribution in [0.3, 0.4) is 0 Å². The second-order valence-electron chi connectivity index (χ2n) is 9.80. The summed E-state index contributed by atoms with van der Waals surface area (Å²) in [6.45, 7) is 11.0. The number of anilines is 3. The molecule has 40 heavy (non-hydrogen) atoms. The smallest absolute Gasteiger partial charge is 0.322 e. The van der Waals surface area contributed by atoms with E-state index >= 15 is 4.39 Å². The van der Waals surface area contributed by atoms with Crippen LogP contribution >= 0.6 is 0 Å². The maximum absolute atomic E-state index is 15.2. The van der Waals surface area contributed by atoms with Gasteiger partial charge in [-0.1, -0.05) is 12.6 Å². The molecule has 3 aromatic heterocycles. The van der Waals surface area contributed by atoms with E-state index < -0.39 is 5.82 Å². The van der Waals surface area contributed by atoms with Gasteiger partial charge in [0, 0.05) is 68.3 Å². The molecule has 1 aromatic carbocycles. The number of aryl methyl sites for hydroxylation is 3. The van der Waals surface area contributed by atoms with Crippen molar-refractivity contribution in [3.8, 4) is 22.9 Å². The number of piperazine rings is 1. The lowest BCUT2D eigenvalue weighted by molar-refractivity contribution is -0.128. The topological polar surface area (TPSA) is 101 Å². The van der Waals surface area contributed by atoms with Crippen molar-refractivity contribution >= 4 is 23.4 Å². The Kier molecular flexibility index (Phi) is 7.45. The Morgan fingerprint density at radius 3 is 2.67 bits per heavy atom. The summed E-state index contributed by atoms with van der Waals surface area (Å²) in [5.74, 6) is 0.397. The molecule has 1 saturated heterocycles. The highest BCUT2D eigenvalue weighted by molar-refractivity contribution is 5.87. The van der Waals surface area contributed by atoms with Crippen LogP contribution in [0.1, 0.15) is 18.3 Å². The molecule has 1 N–H and O–H groups in total. The predicted octanol–water partition coefficient (Wildman–Crippen LogP) is 4.79. The Labute approximate surface area is 232 Å². The summed E-state index contributed by atoms with van der Waals surface area (Å²) in [6.07, 6.45) is 6.54. The largest absolute Gasteiger partial charge is 0.421 e. The predicted molar refractivity (Wildman–Crippen MR) is 151 cm³/mol. The van der Waals surface area contributed by atoms with Crippen molar-refractivity contribution < 1.29 is 13.9 Å². The number of carbonyl (C=O) groups excluding carboxylic acids is 1. The van der Waals surface area contributed by atoms with Gasteiger partial charge < -0.3 is 24.4 Å². The van der Waals surface area contributed by atoms with Gasteiger partial charge in [0.1, 0.15) is 5.82 Å². The summed E-state index contributed by atoms with van der Waals surface area (Å²) >= 11 is 0. The molecule has 0 radical (unpaired) electrons. The monoisotopic (exact) mass is 542 g/mol. The summed E-state index contributed by atoms with van der Waals surface area (Å²) < 4.78 is 22.8. The van der Waals surface area contributed by atoms with Crippen molar-refractivity contribution in [2.45, 2.75) is 26.8 Å². The second-order valence-corrected chi connectivity index (χ2v) is 9.80. The normalized spacial score (nSPS) is 15.2. The van der Waals surface area contributed by atoms with Gasteiger partial charge in [0.05, 0.1) is 5.69 Å². The molecule has 1 fully saturated rings. The highest BCUT2D eigenvalue weighted by atomic mass is 19.1. The Bertz CT molecular complexity index is 1550. The fraction of sp³-hybridized carbons (Fsp3) is 0.276. The summed E-state index contributed by atoms with van der Waals surface area (Å²) in [5.41, 5.74) is 3.91. The molecule has 0 spiro atoms. The van der Waals surface area contributed by atoms with Crippen LogP contribution in [0.5, 0.6) is 11.8 Å². The van der Waals surface area contributed by atoms with Crippen molar-refractivity contribution in [2.24, 2.45) is 7.05 Å². The van der Waals surface area contributed by atoms with Crippen molar-refractivity contribution in [2.75, 3.05) is 29.9 Å². The highest BCUT2D eigenvalue weighted by Gasteiger charge is 2.29. The average Bonchev–Trinajstić information content (AvgIpc) is 3.25. The third-order valence-corrected chi connectivity index (χ3v) is 6.88. The SMILES string of the molecule is C=CC(=O)N1CCN(c2nc(Nc3cc(C)n(C)c3)ncc2-c2ccc(Oc3nccc(C)n3)c(F)c2)C[C@@H]1C. The molecule has 1 aliphatic rings. The van der Waals surface area contributed by atoms with E-state index in [1.54, 1.807) is 42.4 Å². The lowest BCUT2D eigenvalue weighted by atomic mass is 10.1. The van der Waals surface area contributed by atoms with E-state index in [0.29, 0.717) is 48.2 Å². The molecule has 4 heterocycles. The van der Waals surface area contributed by atoms with E-state index in [1.807, 2.05) is 37.7 Å². The number of halogens is 1. The molecule has 5 rings (SSSR count). The number of nitrogens with one attached hydrogen (secondary N) is 1. The zero-order valence-corrected chi connectivity index (χ0v) is 22.9. The number of carbonyl (C=O) groups is 1. The number of aromatic nitrogens is 5. The van der Waals surface area contributed by atoms with E-state index in [9.17, 15) is 4.79 Å². The first kappa shape index (κ1) is 26.8. The van der Waals surface area contributed by atoms with Gasteiger partial charge in [-0.15, -0.1) is 0 Å². The summed E-state index contributed by atoms with van der Waals surface area (Å²) in [6, 6.07) is 8.43. The van der Waals surface area contributed by atoms with E-state index in [2.05, 4.69) is 31.7 Å². The number of hydrogen-bond donors (Lipinski definition) is 1. The molecule has 4 aromatic rings. The lowest BCUT2D eigenvalue weighted by Crippen LogP contribution is -2.54. The van der Waals surface area contributed by atoms with Gasteiger partial charge in [0.2, 0.25) is 11.9 Å². The van der Waals surface area contributed by atoms with Crippen LogP contribution in [0.25, 0.3) is 11.1 Å². The summed E-state index contributed by atoms with van der Waals surface area (Å²) in [7, 11) is 1.97. The molecule has 0 saturated carbocycles. The van der Waals surface area contributed by atoms with Crippen molar-refractivity contribution in [3.05, 3.63) is 78.8 Å². The lowest BCUT2D eigenvalue weighted by Gasteiger charge is -2.40. The number of ether oxygens (including phenoxy) is 1. The van der Waals surface area contributed by atoms with Gasteiger partial charge in [0.15, 0.2) is 11.6 Å². The quantitative estimate of drug-likeness (QED) is 0.333. The minimum atomic E-state index is -0.565. The Morgan fingerprint density at radius 1 is 1.18 bits per heavy atom. The maximum atomic E-state index is 15.2. The number of rotatable bonds is 7. The Hall–Kier alpha value is -4.80. The number of benzene rings is 1. The van der Waals surface area contributed by atoms with Crippen LogP contribution in [-0.2, 0) is 11.8 Å². The van der Waals surface area contributed by atoms with Crippen LogP contribution in [0.15, 0.2) is 61.6 Å². The van der Waals surface area contributed by atoms with Gasteiger partial charge in [0.25, 0.3) is 0 Å². The Morgan fingerprint density at radius 2 is 2.00 bits per heavy atom. The van der Waals surface area contributed by atoms with Gasteiger partial charge >= 0.3 is 6.01 Å². The van der Waals surface area contributed by atoms with Crippen molar-refractivity contribution in [1.82, 2.24) is 29.4 Å². The van der Waals surface area contributed by atoms with E-state index in [-0.39, 0.29) is 23.7 Å². The molecule has 11 heteroatoms. The molecule has 0 unspecified atom stereocenters. The Balaban J connectivity index is 1.48. The van der Waals surface area contributed by atoms with Crippen LogP contribution in [0.4, 0.5) is 21.8 Å². The van der Waals surface area contributed by atoms with Gasteiger partial charge in [-0.05, 0) is 56.7 Å². The number of hydrogen-bond acceptors (Lipinski definition) is 8. The molecule has 0 aliphatic carbocycles. The third-order valence-electron chi connectivity index (χ3n) is 6.88.